The van der Waals surface area contributed by atoms with E-state index in [1.165, 1.54) is 30.3 Å². The molecule has 4 rings (SSSR count). The Bertz CT molecular complexity index is 1330. The summed E-state index contributed by atoms with van der Waals surface area (Å²) in [6.45, 7) is 6.07. The van der Waals surface area contributed by atoms with Crippen LogP contribution in [0.5, 0.6) is 0 Å². The van der Waals surface area contributed by atoms with Gasteiger partial charge in [0.15, 0.2) is 0 Å². The van der Waals surface area contributed by atoms with Gasteiger partial charge in [0.25, 0.3) is 0 Å². The fraction of sp³-hybridized carbons (Fsp3) is 0.222. The summed E-state index contributed by atoms with van der Waals surface area (Å²) in [7, 11) is 0. The number of fused-ring (bicyclic) bond motifs is 1. The van der Waals surface area contributed by atoms with Crippen LogP contribution in [0.1, 0.15) is 47.3 Å². The predicted octanol–water partition coefficient (Wildman–Crippen LogP) is 7.68. The zero-order valence-corrected chi connectivity index (χ0v) is 19.8. The molecule has 37 heavy (non-hydrogen) atoms. The van der Waals surface area contributed by atoms with E-state index >= 15 is 0 Å². The predicted molar refractivity (Wildman–Crippen MR) is 133 cm³/mol. The number of nitrogens with one attached hydrogen (secondary N) is 3. The van der Waals surface area contributed by atoms with Crippen LogP contribution in [0.3, 0.4) is 0 Å². The van der Waals surface area contributed by atoms with Crippen molar-refractivity contribution in [1.29, 1.82) is 0 Å². The lowest BCUT2D eigenvalue weighted by Crippen LogP contribution is -2.30. The second kappa shape index (κ2) is 10.2. The molecule has 0 amide bonds. The van der Waals surface area contributed by atoms with E-state index in [1.54, 1.807) is 24.3 Å². The lowest BCUT2D eigenvalue weighted by molar-refractivity contribution is -0.138. The van der Waals surface area contributed by atoms with E-state index in [0.717, 1.165) is 12.1 Å². The van der Waals surface area contributed by atoms with Crippen LogP contribution in [0.2, 0.25) is 0 Å². The number of hydrogen-bond donors (Lipinski definition) is 3. The van der Waals surface area contributed by atoms with E-state index < -0.39 is 29.6 Å². The van der Waals surface area contributed by atoms with Crippen molar-refractivity contribution in [3.05, 3.63) is 101 Å². The number of amidine groups is 1. The van der Waals surface area contributed by atoms with E-state index in [-0.39, 0.29) is 28.3 Å². The first-order valence-electron chi connectivity index (χ1n) is 11.5. The molecule has 3 N–H and O–H groups in total. The highest BCUT2D eigenvalue weighted by Gasteiger charge is 2.37. The maximum atomic E-state index is 13.7. The number of benzene rings is 3. The molecule has 0 saturated heterocycles. The lowest BCUT2D eigenvalue weighted by atomic mass is 10.0. The smallest absolute Gasteiger partial charge is 0.384 e. The van der Waals surface area contributed by atoms with Gasteiger partial charge in [0.2, 0.25) is 0 Å². The first kappa shape index (κ1) is 26.1. The minimum absolute atomic E-state index is 0.0845. The summed E-state index contributed by atoms with van der Waals surface area (Å²) in [5, 5.41) is 8.83. The summed E-state index contributed by atoms with van der Waals surface area (Å²) in [6.07, 6.45) is -9.70. The highest BCUT2D eigenvalue weighted by molar-refractivity contribution is 6.08. The van der Waals surface area contributed by atoms with Crippen molar-refractivity contribution in [2.75, 3.05) is 17.2 Å². The van der Waals surface area contributed by atoms with Crippen LogP contribution < -0.4 is 16.0 Å². The van der Waals surface area contributed by atoms with Crippen molar-refractivity contribution in [2.24, 2.45) is 4.99 Å². The van der Waals surface area contributed by atoms with Gasteiger partial charge in [-0.15, -0.1) is 0 Å². The van der Waals surface area contributed by atoms with Crippen LogP contribution in [0.15, 0.2) is 78.3 Å². The third-order valence-electron chi connectivity index (χ3n) is 5.81. The molecule has 0 radical (unpaired) electrons. The average molecular weight is 519 g/mol. The Morgan fingerprint density at radius 2 is 1.54 bits per heavy atom. The van der Waals surface area contributed by atoms with Crippen LogP contribution in [0.25, 0.3) is 5.70 Å². The molecule has 3 aromatic carbocycles. The second-order valence-corrected chi connectivity index (χ2v) is 8.41. The summed E-state index contributed by atoms with van der Waals surface area (Å²) >= 11 is 0. The average Bonchev–Trinajstić information content (AvgIpc) is 2.86. The molecule has 0 aromatic heterocycles. The molecule has 10 heteroatoms. The molecule has 1 atom stereocenters. The molecule has 1 heterocycles. The molecule has 1 unspecified atom stereocenters. The van der Waals surface area contributed by atoms with Crippen molar-refractivity contribution in [2.45, 2.75) is 31.9 Å². The van der Waals surface area contributed by atoms with Crippen LogP contribution in [-0.4, -0.2) is 12.4 Å². The fourth-order valence-electron chi connectivity index (χ4n) is 4.12. The van der Waals surface area contributed by atoms with Gasteiger partial charge in [-0.05, 0) is 30.7 Å². The van der Waals surface area contributed by atoms with Gasteiger partial charge in [0.1, 0.15) is 12.0 Å². The summed E-state index contributed by atoms with van der Waals surface area (Å²) in [6, 6.07) is 15.7. The molecule has 0 fully saturated rings. The van der Waals surface area contributed by atoms with Gasteiger partial charge in [-0.3, -0.25) is 0 Å². The zero-order valence-electron chi connectivity index (χ0n) is 19.8. The summed E-state index contributed by atoms with van der Waals surface area (Å²) in [5.74, 6) is 0.181. The molecular weight excluding hydrogens is 494 g/mol. The number of alkyl halides is 6. The van der Waals surface area contributed by atoms with Gasteiger partial charge in [-0.1, -0.05) is 56.0 Å². The highest BCUT2D eigenvalue weighted by Crippen LogP contribution is 2.40. The Morgan fingerprint density at radius 3 is 2.24 bits per heavy atom. The van der Waals surface area contributed by atoms with Crippen LogP contribution in [0, 0.1) is 0 Å². The molecular formula is C27H24F6N4. The van der Waals surface area contributed by atoms with Crippen molar-refractivity contribution in [3.63, 3.8) is 0 Å². The van der Waals surface area contributed by atoms with Crippen molar-refractivity contribution < 1.29 is 26.3 Å². The third-order valence-corrected chi connectivity index (χ3v) is 5.81. The normalized spacial score (nSPS) is 15.3. The molecule has 0 aliphatic carbocycles. The molecule has 194 valence electrons. The van der Waals surface area contributed by atoms with Gasteiger partial charge in [0, 0.05) is 34.6 Å². The third kappa shape index (κ3) is 5.58. The summed E-state index contributed by atoms with van der Waals surface area (Å²) < 4.78 is 82.3. The number of anilines is 2. The number of para-hydroxylation sites is 2. The Morgan fingerprint density at radius 1 is 0.892 bits per heavy atom. The number of hydrogen-bond acceptors (Lipinski definition) is 4. The van der Waals surface area contributed by atoms with Crippen LogP contribution >= 0.6 is 0 Å². The fourth-order valence-corrected chi connectivity index (χ4v) is 4.12. The first-order chi connectivity index (χ1) is 17.5. The number of aliphatic imine (C=N–C) groups is 1. The van der Waals surface area contributed by atoms with Crippen LogP contribution in [-0.2, 0) is 12.4 Å². The van der Waals surface area contributed by atoms with Gasteiger partial charge >= 0.3 is 12.4 Å². The van der Waals surface area contributed by atoms with E-state index in [4.69, 9.17) is 0 Å². The minimum atomic E-state index is -4.60. The maximum Gasteiger partial charge on any atom is 0.418 e. The van der Waals surface area contributed by atoms with Crippen LogP contribution in [0.4, 0.5) is 37.7 Å². The highest BCUT2D eigenvalue weighted by atomic mass is 19.4. The summed E-state index contributed by atoms with van der Waals surface area (Å²) in [4.78, 5) is 4.49. The molecule has 3 aromatic rings. The maximum absolute atomic E-state index is 13.7. The van der Waals surface area contributed by atoms with Crippen molar-refractivity contribution in [3.8, 4) is 0 Å². The number of rotatable bonds is 6. The Hall–Kier alpha value is -3.95. The van der Waals surface area contributed by atoms with Gasteiger partial charge in [-0.25, -0.2) is 4.99 Å². The molecule has 4 nitrogen and oxygen atoms in total. The Kier molecular flexibility index (Phi) is 7.20. The minimum Gasteiger partial charge on any atom is -0.384 e. The summed E-state index contributed by atoms with van der Waals surface area (Å²) in [5.41, 5.74) is -0.543. The largest absolute Gasteiger partial charge is 0.418 e. The number of halogens is 6. The van der Waals surface area contributed by atoms with Crippen molar-refractivity contribution >= 4 is 22.9 Å². The molecule has 0 bridgehead atoms. The molecule has 1 aliphatic rings. The van der Waals surface area contributed by atoms with Gasteiger partial charge in [-0.2, -0.15) is 26.3 Å². The van der Waals surface area contributed by atoms with E-state index in [2.05, 4.69) is 27.5 Å². The second-order valence-electron chi connectivity index (χ2n) is 8.41. The first-order valence-corrected chi connectivity index (χ1v) is 11.5. The topological polar surface area (TPSA) is 48.5 Å². The molecule has 0 saturated carbocycles. The van der Waals surface area contributed by atoms with E-state index in [1.807, 2.05) is 6.92 Å². The lowest BCUT2D eigenvalue weighted by Gasteiger charge is -2.29. The van der Waals surface area contributed by atoms with E-state index in [0.29, 0.717) is 24.2 Å². The monoisotopic (exact) mass is 518 g/mol. The zero-order chi connectivity index (χ0) is 26.8. The van der Waals surface area contributed by atoms with Gasteiger partial charge in [0.05, 0.1) is 16.8 Å². The van der Waals surface area contributed by atoms with Gasteiger partial charge < -0.3 is 16.0 Å². The SMILES string of the molecule is C=C(NC1=NC(c2ccccc2C(F)(F)F)Nc2ccccc21)c1cccc(C(F)(F)F)c1NCCC. The van der Waals surface area contributed by atoms with E-state index in [9.17, 15) is 26.3 Å². The standard InChI is InChI=1S/C27H24F6N4/c1-3-15-34-23-17(11-8-13-21(23)27(31,32)33)16(2)35-25-19-10-5-7-14-22(19)36-24(37-25)18-9-4-6-12-20(18)26(28,29)30/h4-14,24,34,36H,2-3,15H2,1H3,(H,35,37). The Balaban J connectivity index is 1.76. The number of nitrogens with zero attached hydrogens (tertiary/aromatic N) is 1. The quantitative estimate of drug-likeness (QED) is 0.294. The van der Waals surface area contributed by atoms with Crippen molar-refractivity contribution in [1.82, 2.24) is 5.32 Å². The molecule has 1 aliphatic heterocycles. The molecule has 0 spiro atoms. The Labute approximate surface area is 210 Å².